The number of likely N-dealkylation sites (tertiary alicyclic amines) is 1. The van der Waals surface area contributed by atoms with E-state index in [0.717, 1.165) is 80.8 Å². The summed E-state index contributed by atoms with van der Waals surface area (Å²) in [6.45, 7) is 5.00. The van der Waals surface area contributed by atoms with E-state index >= 15 is 4.39 Å². The quantitative estimate of drug-likeness (QED) is 0.481. The Bertz CT molecular complexity index is 1250. The van der Waals surface area contributed by atoms with E-state index in [1.54, 1.807) is 12.4 Å². The van der Waals surface area contributed by atoms with Crippen molar-refractivity contribution in [3.05, 3.63) is 36.7 Å². The Hall–Kier alpha value is -3.31. The molecule has 1 aromatic carbocycles. The number of aromatic nitrogens is 4. The summed E-state index contributed by atoms with van der Waals surface area (Å²) in [6, 6.07) is 4.49. The number of ether oxygens (including phenoxy) is 2. The highest BCUT2D eigenvalue weighted by molar-refractivity contribution is 5.85. The fourth-order valence-corrected chi connectivity index (χ4v) is 5.64. The van der Waals surface area contributed by atoms with E-state index in [1.165, 1.54) is 6.33 Å². The van der Waals surface area contributed by atoms with Gasteiger partial charge in [-0.15, -0.1) is 0 Å². The Labute approximate surface area is 222 Å². The van der Waals surface area contributed by atoms with Gasteiger partial charge in [0.15, 0.2) is 11.6 Å². The van der Waals surface area contributed by atoms with Crippen LogP contribution in [0.1, 0.15) is 32.1 Å². The van der Waals surface area contributed by atoms with Crippen LogP contribution in [-0.4, -0.2) is 89.5 Å². The highest BCUT2D eigenvalue weighted by Crippen LogP contribution is 2.33. The molecule has 38 heavy (non-hydrogen) atoms. The van der Waals surface area contributed by atoms with Gasteiger partial charge in [0.2, 0.25) is 5.82 Å². The number of benzene rings is 1. The number of likely N-dealkylation sites (N-methyl/N-ethyl adjacent to an activating group) is 1. The molecule has 202 valence electrons. The molecule has 10 nitrogen and oxygen atoms in total. The molecule has 0 bridgehead atoms. The van der Waals surface area contributed by atoms with Crippen molar-refractivity contribution >= 4 is 28.4 Å². The fourth-order valence-electron chi connectivity index (χ4n) is 5.64. The highest BCUT2D eigenvalue weighted by Gasteiger charge is 2.26. The van der Waals surface area contributed by atoms with Gasteiger partial charge < -0.3 is 29.9 Å². The second-order valence-corrected chi connectivity index (χ2v) is 10.5. The Morgan fingerprint density at radius 2 is 1.63 bits per heavy atom. The monoisotopic (exact) mass is 522 g/mol. The lowest BCUT2D eigenvalue weighted by molar-refractivity contribution is 0.122. The van der Waals surface area contributed by atoms with Gasteiger partial charge in [-0.25, -0.2) is 15.0 Å². The molecular weight excluding hydrogens is 487 g/mol. The van der Waals surface area contributed by atoms with Gasteiger partial charge in [0, 0.05) is 55.9 Å². The first-order valence-corrected chi connectivity index (χ1v) is 13.6. The van der Waals surface area contributed by atoms with E-state index in [4.69, 9.17) is 9.47 Å². The smallest absolute Gasteiger partial charge is 0.207 e. The van der Waals surface area contributed by atoms with Crippen LogP contribution >= 0.6 is 0 Å². The zero-order chi connectivity index (χ0) is 25.9. The number of nitrogens with zero attached hydrogens (tertiary/aromatic N) is 6. The molecule has 0 amide bonds. The maximum atomic E-state index is 15.2. The lowest BCUT2D eigenvalue weighted by atomic mass is 9.93. The standard InChI is InChI=1S/C27H35FN8O2/c1-35-9-6-19(16-35)34-27-24(28)26(31-17-32-27)33-18-2-4-21(5-3-18)38-23-15-20(36-10-12-37-13-11-36)14-22-25(23)30-8-7-29-22/h7-8,14-15,17-19,21H,2-6,9-13,16H2,1H3,(H2,31,32,33,34)/t18?,19-,21?/m0/s1. The molecule has 3 aromatic rings. The zero-order valence-corrected chi connectivity index (χ0v) is 21.8. The summed E-state index contributed by atoms with van der Waals surface area (Å²) in [5.41, 5.74) is 2.69. The minimum Gasteiger partial charge on any atom is -0.488 e. The highest BCUT2D eigenvalue weighted by atomic mass is 19.1. The third-order valence-corrected chi connectivity index (χ3v) is 7.73. The maximum absolute atomic E-state index is 15.2. The number of rotatable bonds is 7. The Morgan fingerprint density at radius 3 is 2.37 bits per heavy atom. The summed E-state index contributed by atoms with van der Waals surface area (Å²) in [7, 11) is 2.07. The predicted molar refractivity (Wildman–Crippen MR) is 144 cm³/mol. The molecule has 2 aromatic heterocycles. The van der Waals surface area contributed by atoms with Crippen molar-refractivity contribution in [2.24, 2.45) is 0 Å². The van der Waals surface area contributed by atoms with Crippen LogP contribution in [0.4, 0.5) is 21.7 Å². The van der Waals surface area contributed by atoms with E-state index in [0.29, 0.717) is 13.2 Å². The number of halogens is 1. The molecular formula is C27H35FN8O2. The molecule has 3 fully saturated rings. The second-order valence-electron chi connectivity index (χ2n) is 10.5. The SMILES string of the molecule is CN1CC[C@H](Nc2ncnc(NC3CCC(Oc4cc(N5CCOCC5)cc5nccnc45)CC3)c2F)C1. The number of hydrogen-bond acceptors (Lipinski definition) is 10. The van der Waals surface area contributed by atoms with Gasteiger partial charge in [-0.3, -0.25) is 4.98 Å². The summed E-state index contributed by atoms with van der Waals surface area (Å²) in [4.78, 5) is 22.0. The zero-order valence-electron chi connectivity index (χ0n) is 21.8. The minimum absolute atomic E-state index is 0.0602. The summed E-state index contributed by atoms with van der Waals surface area (Å²) < 4.78 is 27.2. The minimum atomic E-state index is -0.412. The molecule has 11 heteroatoms. The third kappa shape index (κ3) is 5.58. The topological polar surface area (TPSA) is 101 Å². The molecule has 0 spiro atoms. The van der Waals surface area contributed by atoms with Gasteiger partial charge in [0.05, 0.1) is 24.8 Å². The van der Waals surface area contributed by atoms with Crippen LogP contribution in [0.15, 0.2) is 30.9 Å². The van der Waals surface area contributed by atoms with Crippen molar-refractivity contribution in [3.8, 4) is 5.75 Å². The van der Waals surface area contributed by atoms with Crippen molar-refractivity contribution in [1.29, 1.82) is 0 Å². The fraction of sp³-hybridized carbons (Fsp3) is 0.556. The first-order chi connectivity index (χ1) is 18.6. The number of fused-ring (bicyclic) bond motifs is 1. The van der Waals surface area contributed by atoms with Crippen molar-refractivity contribution in [3.63, 3.8) is 0 Å². The summed E-state index contributed by atoms with van der Waals surface area (Å²) in [5.74, 6) is 0.889. The van der Waals surface area contributed by atoms with Crippen molar-refractivity contribution in [2.75, 3.05) is 62.0 Å². The van der Waals surface area contributed by atoms with Gasteiger partial charge in [-0.2, -0.15) is 4.39 Å². The summed E-state index contributed by atoms with van der Waals surface area (Å²) in [6.07, 6.45) is 9.30. The molecule has 2 saturated heterocycles. The first-order valence-electron chi connectivity index (χ1n) is 13.6. The van der Waals surface area contributed by atoms with Crippen molar-refractivity contribution in [2.45, 2.75) is 50.3 Å². The largest absolute Gasteiger partial charge is 0.488 e. The molecule has 4 heterocycles. The molecule has 1 saturated carbocycles. The van der Waals surface area contributed by atoms with Crippen molar-refractivity contribution in [1.82, 2.24) is 24.8 Å². The predicted octanol–water partition coefficient (Wildman–Crippen LogP) is 3.31. The van der Waals surface area contributed by atoms with Gasteiger partial charge >= 0.3 is 0 Å². The van der Waals surface area contributed by atoms with Gasteiger partial charge in [-0.1, -0.05) is 0 Å². The van der Waals surface area contributed by atoms with E-state index in [1.807, 2.05) is 0 Å². The average molecular weight is 523 g/mol. The number of hydrogen-bond donors (Lipinski definition) is 2. The Balaban J connectivity index is 1.09. The lowest BCUT2D eigenvalue weighted by Gasteiger charge is -2.31. The number of morpholine rings is 1. The summed E-state index contributed by atoms with van der Waals surface area (Å²) >= 11 is 0. The van der Waals surface area contributed by atoms with Crippen LogP contribution in [0.3, 0.4) is 0 Å². The molecule has 0 radical (unpaired) electrons. The van der Waals surface area contributed by atoms with E-state index in [9.17, 15) is 0 Å². The Morgan fingerprint density at radius 1 is 0.895 bits per heavy atom. The first kappa shape index (κ1) is 25.0. The summed E-state index contributed by atoms with van der Waals surface area (Å²) in [5, 5.41) is 6.56. The van der Waals surface area contributed by atoms with Gasteiger partial charge in [0.25, 0.3) is 0 Å². The van der Waals surface area contributed by atoms with Crippen LogP contribution in [0, 0.1) is 5.82 Å². The molecule has 1 aliphatic carbocycles. The molecule has 0 unspecified atom stereocenters. The molecule has 2 aliphatic heterocycles. The lowest BCUT2D eigenvalue weighted by Crippen LogP contribution is -2.36. The van der Waals surface area contributed by atoms with Gasteiger partial charge in [0.1, 0.15) is 17.6 Å². The van der Waals surface area contributed by atoms with Gasteiger partial charge in [-0.05, 0) is 51.8 Å². The second kappa shape index (κ2) is 11.2. The van der Waals surface area contributed by atoms with Crippen LogP contribution in [0.2, 0.25) is 0 Å². The average Bonchev–Trinajstić information content (AvgIpc) is 3.36. The molecule has 6 rings (SSSR count). The molecule has 3 aliphatic rings. The van der Waals surface area contributed by atoms with Crippen LogP contribution < -0.4 is 20.3 Å². The third-order valence-electron chi connectivity index (χ3n) is 7.73. The number of nitrogens with one attached hydrogen (secondary N) is 2. The number of anilines is 3. The van der Waals surface area contributed by atoms with Crippen LogP contribution in [0.25, 0.3) is 11.0 Å². The molecule has 2 N–H and O–H groups in total. The molecule has 1 atom stereocenters. The van der Waals surface area contributed by atoms with Crippen LogP contribution in [0.5, 0.6) is 5.75 Å². The van der Waals surface area contributed by atoms with Crippen LogP contribution in [-0.2, 0) is 4.74 Å². The maximum Gasteiger partial charge on any atom is 0.207 e. The van der Waals surface area contributed by atoms with E-state index in [-0.39, 0.29) is 29.8 Å². The Kier molecular flexibility index (Phi) is 7.37. The van der Waals surface area contributed by atoms with Crippen molar-refractivity contribution < 1.29 is 13.9 Å². The van der Waals surface area contributed by atoms with E-state index in [2.05, 4.69) is 59.5 Å². The normalized spacial score (nSPS) is 24.5. The van der Waals surface area contributed by atoms with E-state index < -0.39 is 5.82 Å².